The van der Waals surface area contributed by atoms with E-state index >= 15 is 0 Å². The highest BCUT2D eigenvalue weighted by molar-refractivity contribution is 7.91. The van der Waals surface area contributed by atoms with Gasteiger partial charge in [0.25, 0.3) is 0 Å². The predicted octanol–water partition coefficient (Wildman–Crippen LogP) is -0.631. The van der Waals surface area contributed by atoms with Gasteiger partial charge in [0.2, 0.25) is 0 Å². The van der Waals surface area contributed by atoms with Crippen LogP contribution >= 0.6 is 0 Å². The van der Waals surface area contributed by atoms with Gasteiger partial charge in [0.05, 0.1) is 18.1 Å². The summed E-state index contributed by atoms with van der Waals surface area (Å²) in [5, 5.41) is 2.68. The molecule has 0 aliphatic carbocycles. The lowest BCUT2D eigenvalue weighted by molar-refractivity contribution is -0.146. The van der Waals surface area contributed by atoms with Gasteiger partial charge in [-0.1, -0.05) is 0 Å². The zero-order chi connectivity index (χ0) is 18.6. The molecule has 2 rings (SSSR count). The fourth-order valence-electron chi connectivity index (χ4n) is 3.08. The van der Waals surface area contributed by atoms with Crippen LogP contribution in [0.15, 0.2) is 0 Å². The Kier molecular flexibility index (Phi) is 6.26. The lowest BCUT2D eigenvalue weighted by atomic mass is 10.1. The lowest BCUT2D eigenvalue weighted by Crippen LogP contribution is -2.52. The van der Waals surface area contributed by atoms with Crippen molar-refractivity contribution in [2.75, 3.05) is 38.2 Å². The van der Waals surface area contributed by atoms with Crippen molar-refractivity contribution in [3.63, 3.8) is 0 Å². The quantitative estimate of drug-likeness (QED) is 0.657. The number of sulfone groups is 1. The van der Waals surface area contributed by atoms with Gasteiger partial charge < -0.3 is 19.9 Å². The number of carbonyl (C=O) groups is 3. The third-order valence-electron chi connectivity index (χ3n) is 4.63. The number of nitrogens with zero attached hydrogens (tertiary/aromatic N) is 2. The van der Waals surface area contributed by atoms with Crippen LogP contribution in [0.1, 0.15) is 26.2 Å². The summed E-state index contributed by atoms with van der Waals surface area (Å²) in [6, 6.07) is -0.642. The van der Waals surface area contributed by atoms with Crippen molar-refractivity contribution in [1.82, 2.24) is 15.1 Å². The highest BCUT2D eigenvalue weighted by Gasteiger charge is 2.35. The molecule has 25 heavy (non-hydrogen) atoms. The Labute approximate surface area is 147 Å². The van der Waals surface area contributed by atoms with Crippen LogP contribution in [0.25, 0.3) is 0 Å². The molecule has 2 saturated heterocycles. The molecule has 2 heterocycles. The molecule has 2 aliphatic rings. The first-order chi connectivity index (χ1) is 11.7. The van der Waals surface area contributed by atoms with Gasteiger partial charge in [-0.05, 0) is 26.2 Å². The van der Waals surface area contributed by atoms with Gasteiger partial charge in [-0.2, -0.15) is 0 Å². The summed E-state index contributed by atoms with van der Waals surface area (Å²) in [6.07, 6.45) is 1.07. The first-order valence-corrected chi connectivity index (χ1v) is 10.3. The molecule has 2 aliphatic heterocycles. The molecule has 0 aromatic rings. The third kappa shape index (κ3) is 5.07. The SMILES string of the molecule is CCOC(=O)N1CCC(NC(=O)C(=O)N(C)C2CCS(=O)(=O)C2)CC1. The summed E-state index contributed by atoms with van der Waals surface area (Å²) in [4.78, 5) is 38.8. The Morgan fingerprint density at radius 1 is 1.20 bits per heavy atom. The molecule has 1 atom stereocenters. The standard InChI is InChI=1S/C15H25N3O6S/c1-3-24-15(21)18-7-4-11(5-8-18)16-13(19)14(20)17(2)12-6-9-25(22,23)10-12/h11-12H,3-10H2,1-2H3,(H,16,19). The summed E-state index contributed by atoms with van der Waals surface area (Å²) in [7, 11) is -1.67. The van der Waals surface area contributed by atoms with Crippen molar-refractivity contribution in [3.8, 4) is 0 Å². The minimum absolute atomic E-state index is 0.0449. The minimum Gasteiger partial charge on any atom is -0.450 e. The zero-order valence-electron chi connectivity index (χ0n) is 14.6. The van der Waals surface area contributed by atoms with Crippen LogP contribution in [-0.4, -0.2) is 86.5 Å². The summed E-state index contributed by atoms with van der Waals surface area (Å²) in [6.45, 7) is 2.96. The molecule has 1 unspecified atom stereocenters. The van der Waals surface area contributed by atoms with Crippen LogP contribution in [0.5, 0.6) is 0 Å². The fourth-order valence-corrected chi connectivity index (χ4v) is 4.85. The Bertz CT molecular complexity index is 627. The molecule has 0 aromatic carbocycles. The molecular formula is C15H25N3O6S. The molecule has 2 fully saturated rings. The highest BCUT2D eigenvalue weighted by Crippen LogP contribution is 2.17. The molecule has 0 aromatic heterocycles. The minimum atomic E-state index is -3.12. The van der Waals surface area contributed by atoms with E-state index in [2.05, 4.69) is 5.32 Å². The van der Waals surface area contributed by atoms with Crippen molar-refractivity contribution in [2.45, 2.75) is 38.3 Å². The molecule has 1 N–H and O–H groups in total. The lowest BCUT2D eigenvalue weighted by Gasteiger charge is -2.32. The maximum Gasteiger partial charge on any atom is 0.409 e. The van der Waals surface area contributed by atoms with Crippen molar-refractivity contribution < 1.29 is 27.5 Å². The summed E-state index contributed by atoms with van der Waals surface area (Å²) < 4.78 is 27.9. The van der Waals surface area contributed by atoms with Crippen molar-refractivity contribution >= 4 is 27.7 Å². The summed E-state index contributed by atoms with van der Waals surface area (Å²) >= 11 is 0. The van der Waals surface area contributed by atoms with E-state index in [1.165, 1.54) is 11.9 Å². The first kappa shape index (κ1) is 19.5. The van der Waals surface area contributed by atoms with Gasteiger partial charge in [-0.15, -0.1) is 0 Å². The van der Waals surface area contributed by atoms with E-state index < -0.39 is 27.7 Å². The number of piperidine rings is 1. The van der Waals surface area contributed by atoms with Gasteiger partial charge in [-0.3, -0.25) is 9.59 Å². The number of hydrogen-bond acceptors (Lipinski definition) is 6. The van der Waals surface area contributed by atoms with Crippen LogP contribution in [0.4, 0.5) is 4.79 Å². The van der Waals surface area contributed by atoms with Crippen LogP contribution in [0.3, 0.4) is 0 Å². The highest BCUT2D eigenvalue weighted by atomic mass is 32.2. The number of likely N-dealkylation sites (tertiary alicyclic amines) is 1. The van der Waals surface area contributed by atoms with Crippen molar-refractivity contribution in [1.29, 1.82) is 0 Å². The predicted molar refractivity (Wildman–Crippen MR) is 89.6 cm³/mol. The van der Waals surface area contributed by atoms with Gasteiger partial charge >= 0.3 is 17.9 Å². The maximum atomic E-state index is 12.2. The van der Waals surface area contributed by atoms with Crippen LogP contribution in [0.2, 0.25) is 0 Å². The van der Waals surface area contributed by atoms with Crippen LogP contribution in [-0.2, 0) is 24.2 Å². The Hall–Kier alpha value is -1.84. The van der Waals surface area contributed by atoms with E-state index in [1.54, 1.807) is 11.8 Å². The molecule has 0 bridgehead atoms. The molecule has 3 amide bonds. The Morgan fingerprint density at radius 2 is 1.84 bits per heavy atom. The van der Waals surface area contributed by atoms with Gasteiger partial charge in [0.15, 0.2) is 9.84 Å². The number of rotatable bonds is 3. The first-order valence-electron chi connectivity index (χ1n) is 8.43. The molecule has 142 valence electrons. The number of nitrogens with one attached hydrogen (secondary N) is 1. The smallest absolute Gasteiger partial charge is 0.409 e. The Morgan fingerprint density at radius 3 is 2.36 bits per heavy atom. The third-order valence-corrected chi connectivity index (χ3v) is 6.38. The summed E-state index contributed by atoms with van der Waals surface area (Å²) in [5.41, 5.74) is 0. The van der Waals surface area contributed by atoms with Crippen LogP contribution < -0.4 is 5.32 Å². The zero-order valence-corrected chi connectivity index (χ0v) is 15.4. The number of ether oxygens (including phenoxy) is 1. The molecule has 0 radical (unpaired) electrons. The number of amides is 3. The average molecular weight is 375 g/mol. The van der Waals surface area contributed by atoms with E-state index in [0.717, 1.165) is 0 Å². The maximum absolute atomic E-state index is 12.2. The second kappa shape index (κ2) is 8.03. The summed E-state index contributed by atoms with van der Waals surface area (Å²) in [5.74, 6) is -1.51. The van der Waals surface area contributed by atoms with E-state index in [0.29, 0.717) is 39.0 Å². The topological polar surface area (TPSA) is 113 Å². The Balaban J connectivity index is 1.80. The van der Waals surface area contributed by atoms with E-state index in [1.807, 2.05) is 0 Å². The van der Waals surface area contributed by atoms with Gasteiger partial charge in [-0.25, -0.2) is 13.2 Å². The number of likely N-dealkylation sites (N-methyl/N-ethyl adjacent to an activating group) is 1. The molecule has 10 heteroatoms. The van der Waals surface area contributed by atoms with E-state index in [-0.39, 0.29) is 23.6 Å². The van der Waals surface area contributed by atoms with Crippen molar-refractivity contribution in [2.24, 2.45) is 0 Å². The second-order valence-corrected chi connectivity index (χ2v) is 8.64. The largest absolute Gasteiger partial charge is 0.450 e. The van der Waals surface area contributed by atoms with Crippen LogP contribution in [0, 0.1) is 0 Å². The van der Waals surface area contributed by atoms with Crippen molar-refractivity contribution in [3.05, 3.63) is 0 Å². The number of carbonyl (C=O) groups excluding carboxylic acids is 3. The van der Waals surface area contributed by atoms with Gasteiger partial charge in [0, 0.05) is 32.2 Å². The molecule has 9 nitrogen and oxygen atoms in total. The fraction of sp³-hybridized carbons (Fsp3) is 0.800. The molecular weight excluding hydrogens is 350 g/mol. The number of hydrogen-bond donors (Lipinski definition) is 1. The monoisotopic (exact) mass is 375 g/mol. The van der Waals surface area contributed by atoms with E-state index in [4.69, 9.17) is 4.74 Å². The second-order valence-electron chi connectivity index (χ2n) is 6.41. The average Bonchev–Trinajstić information content (AvgIpc) is 2.94. The van der Waals surface area contributed by atoms with E-state index in [9.17, 15) is 22.8 Å². The molecule has 0 saturated carbocycles. The molecule has 0 spiro atoms. The normalized spacial score (nSPS) is 23.1. The van der Waals surface area contributed by atoms with Gasteiger partial charge in [0.1, 0.15) is 0 Å².